The van der Waals surface area contributed by atoms with Crippen LogP contribution < -0.4 is 5.73 Å². The summed E-state index contributed by atoms with van der Waals surface area (Å²) in [6.07, 6.45) is 3.32. The van der Waals surface area contributed by atoms with Crippen LogP contribution in [0.25, 0.3) is 0 Å². The molecule has 2 aromatic rings. The third-order valence-electron chi connectivity index (χ3n) is 1.86. The molecule has 4 nitrogen and oxygen atoms in total. The highest BCUT2D eigenvalue weighted by Crippen LogP contribution is 2.19. The minimum absolute atomic E-state index is 0.472. The molecule has 0 amide bonds. The molecule has 2 rings (SSSR count). The van der Waals surface area contributed by atoms with Crippen LogP contribution in [0.1, 0.15) is 5.69 Å². The second-order valence-electron chi connectivity index (χ2n) is 3.02. The second kappa shape index (κ2) is 4.08. The lowest BCUT2D eigenvalue weighted by molar-refractivity contribution is 0.676. The first-order valence-electron chi connectivity index (χ1n) is 4.24. The highest BCUT2D eigenvalue weighted by Gasteiger charge is 2.04. The van der Waals surface area contributed by atoms with Crippen molar-refractivity contribution in [3.63, 3.8) is 0 Å². The van der Waals surface area contributed by atoms with Gasteiger partial charge in [0.05, 0.1) is 22.3 Å². The molecule has 78 valence electrons. The lowest BCUT2D eigenvalue weighted by atomic mass is 10.3. The van der Waals surface area contributed by atoms with Crippen molar-refractivity contribution in [1.29, 1.82) is 0 Å². The Morgan fingerprint density at radius 1 is 1.40 bits per heavy atom. The number of hydrogen-bond acceptors (Lipinski definition) is 3. The molecule has 0 atom stereocenters. The van der Waals surface area contributed by atoms with E-state index in [0.29, 0.717) is 28.1 Å². The van der Waals surface area contributed by atoms with E-state index in [2.05, 4.69) is 10.1 Å². The third-order valence-corrected chi connectivity index (χ3v) is 2.39. The molecule has 0 radical (unpaired) electrons. The van der Waals surface area contributed by atoms with Crippen LogP contribution >= 0.6 is 23.2 Å². The maximum absolute atomic E-state index is 5.97. The van der Waals surface area contributed by atoms with E-state index in [1.807, 2.05) is 0 Å². The number of anilines is 1. The summed E-state index contributed by atoms with van der Waals surface area (Å²) in [5.74, 6) is 0.472. The second-order valence-corrected chi connectivity index (χ2v) is 3.86. The number of rotatable bonds is 2. The highest BCUT2D eigenvalue weighted by molar-refractivity contribution is 6.34. The Morgan fingerprint density at radius 2 is 2.20 bits per heavy atom. The van der Waals surface area contributed by atoms with Gasteiger partial charge in [-0.1, -0.05) is 23.2 Å². The van der Waals surface area contributed by atoms with E-state index < -0.39 is 0 Å². The van der Waals surface area contributed by atoms with Crippen LogP contribution in [0.15, 0.2) is 24.5 Å². The van der Waals surface area contributed by atoms with Gasteiger partial charge in [-0.05, 0) is 12.1 Å². The maximum Gasteiger partial charge on any atom is 0.145 e. The molecule has 2 N–H and O–H groups in total. The molecule has 6 heteroatoms. The Hall–Kier alpha value is -1.26. The molecule has 0 aliphatic rings. The van der Waals surface area contributed by atoms with Crippen molar-refractivity contribution in [2.75, 3.05) is 5.73 Å². The molecule has 0 fully saturated rings. The summed E-state index contributed by atoms with van der Waals surface area (Å²) < 4.78 is 1.66. The average Bonchev–Trinajstić information content (AvgIpc) is 2.56. The predicted octanol–water partition coefficient (Wildman–Crippen LogP) is 2.22. The molecule has 0 aliphatic carbocycles. The van der Waals surface area contributed by atoms with Gasteiger partial charge in [0, 0.05) is 12.4 Å². The number of halogens is 2. The van der Waals surface area contributed by atoms with Crippen molar-refractivity contribution in [2.24, 2.45) is 0 Å². The number of nitrogen functional groups attached to an aromatic ring is 1. The first-order chi connectivity index (χ1) is 7.15. The number of hydrogen-bond donors (Lipinski definition) is 1. The zero-order chi connectivity index (χ0) is 10.8. The van der Waals surface area contributed by atoms with Crippen molar-refractivity contribution >= 4 is 29.0 Å². The molecule has 0 aromatic carbocycles. The van der Waals surface area contributed by atoms with Gasteiger partial charge < -0.3 is 5.73 Å². The lowest BCUT2D eigenvalue weighted by Gasteiger charge is -2.03. The van der Waals surface area contributed by atoms with Gasteiger partial charge in [-0.2, -0.15) is 5.10 Å². The summed E-state index contributed by atoms with van der Waals surface area (Å²) in [7, 11) is 0. The molecule has 0 aliphatic heterocycles. The van der Waals surface area contributed by atoms with Crippen molar-refractivity contribution in [3.05, 3.63) is 40.3 Å². The van der Waals surface area contributed by atoms with Gasteiger partial charge in [0.15, 0.2) is 0 Å². The number of aromatic nitrogens is 3. The van der Waals surface area contributed by atoms with Gasteiger partial charge in [0.2, 0.25) is 0 Å². The van der Waals surface area contributed by atoms with Crippen LogP contribution in [0.2, 0.25) is 10.0 Å². The summed E-state index contributed by atoms with van der Waals surface area (Å²) in [5.41, 5.74) is 6.20. The third kappa shape index (κ3) is 2.40. The van der Waals surface area contributed by atoms with E-state index >= 15 is 0 Å². The molecule has 0 unspecified atom stereocenters. The van der Waals surface area contributed by atoms with Gasteiger partial charge >= 0.3 is 0 Å². The molecule has 0 saturated carbocycles. The summed E-state index contributed by atoms with van der Waals surface area (Å²) >= 11 is 11.7. The van der Waals surface area contributed by atoms with E-state index in [4.69, 9.17) is 28.9 Å². The van der Waals surface area contributed by atoms with E-state index in [0.717, 1.165) is 0 Å². The van der Waals surface area contributed by atoms with E-state index in [1.54, 1.807) is 29.2 Å². The van der Waals surface area contributed by atoms with E-state index in [9.17, 15) is 0 Å². The van der Waals surface area contributed by atoms with Crippen LogP contribution in [0.3, 0.4) is 0 Å². The molecule has 2 aromatic heterocycles. The fourth-order valence-corrected chi connectivity index (χ4v) is 1.62. The number of pyridine rings is 1. The SMILES string of the molecule is Nc1ccn(Cc2ncc(Cl)cc2Cl)n1. The number of nitrogens with zero attached hydrogens (tertiary/aromatic N) is 3. The first kappa shape index (κ1) is 10.3. The highest BCUT2D eigenvalue weighted by atomic mass is 35.5. The largest absolute Gasteiger partial charge is 0.382 e. The summed E-state index contributed by atoms with van der Waals surface area (Å²) in [6.45, 7) is 0.479. The maximum atomic E-state index is 5.97. The van der Waals surface area contributed by atoms with Crippen molar-refractivity contribution < 1.29 is 0 Å². The van der Waals surface area contributed by atoms with Gasteiger partial charge in [0.25, 0.3) is 0 Å². The van der Waals surface area contributed by atoms with Crippen LogP contribution in [-0.2, 0) is 6.54 Å². The minimum Gasteiger partial charge on any atom is -0.382 e. The van der Waals surface area contributed by atoms with Gasteiger partial charge in [0.1, 0.15) is 5.82 Å². The topological polar surface area (TPSA) is 56.7 Å². The summed E-state index contributed by atoms with van der Waals surface area (Å²) in [4.78, 5) is 4.12. The van der Waals surface area contributed by atoms with Gasteiger partial charge in [-0.15, -0.1) is 0 Å². The molecule has 0 spiro atoms. The lowest BCUT2D eigenvalue weighted by Crippen LogP contribution is -2.03. The first-order valence-corrected chi connectivity index (χ1v) is 4.99. The quantitative estimate of drug-likeness (QED) is 0.879. The van der Waals surface area contributed by atoms with E-state index in [1.165, 1.54) is 0 Å². The fourth-order valence-electron chi connectivity index (χ4n) is 1.18. The van der Waals surface area contributed by atoms with Crippen LogP contribution in [-0.4, -0.2) is 14.8 Å². The predicted molar refractivity (Wildman–Crippen MR) is 60.0 cm³/mol. The van der Waals surface area contributed by atoms with Crippen molar-refractivity contribution in [2.45, 2.75) is 6.54 Å². The van der Waals surface area contributed by atoms with Crippen molar-refractivity contribution in [3.8, 4) is 0 Å². The summed E-state index contributed by atoms with van der Waals surface area (Å²) in [5, 5.41) is 5.07. The molecule has 2 heterocycles. The normalized spacial score (nSPS) is 10.5. The molecular formula is C9H8Cl2N4. The van der Waals surface area contributed by atoms with Crippen LogP contribution in [0.4, 0.5) is 5.82 Å². The van der Waals surface area contributed by atoms with Crippen LogP contribution in [0.5, 0.6) is 0 Å². The Balaban J connectivity index is 2.24. The van der Waals surface area contributed by atoms with Gasteiger partial charge in [-0.25, -0.2) is 0 Å². The van der Waals surface area contributed by atoms with E-state index in [-0.39, 0.29) is 0 Å². The molecule has 0 saturated heterocycles. The number of nitrogens with two attached hydrogens (primary N) is 1. The summed E-state index contributed by atoms with van der Waals surface area (Å²) in [6, 6.07) is 3.36. The monoisotopic (exact) mass is 242 g/mol. The molecule has 0 bridgehead atoms. The average molecular weight is 243 g/mol. The zero-order valence-electron chi connectivity index (χ0n) is 7.69. The molecular weight excluding hydrogens is 235 g/mol. The smallest absolute Gasteiger partial charge is 0.145 e. The standard InChI is InChI=1S/C9H8Cl2N4/c10-6-3-7(11)8(13-4-6)5-15-2-1-9(12)14-15/h1-4H,5H2,(H2,12,14). The molecule has 15 heavy (non-hydrogen) atoms. The fraction of sp³-hybridized carbons (Fsp3) is 0.111. The Kier molecular flexibility index (Phi) is 2.79. The van der Waals surface area contributed by atoms with Gasteiger partial charge in [-0.3, -0.25) is 9.67 Å². The Bertz CT molecular complexity index is 481. The zero-order valence-corrected chi connectivity index (χ0v) is 9.20. The van der Waals surface area contributed by atoms with Crippen molar-refractivity contribution in [1.82, 2.24) is 14.8 Å². The minimum atomic E-state index is 0.472. The Labute approximate surface area is 96.6 Å². The Morgan fingerprint density at radius 3 is 2.80 bits per heavy atom. The van der Waals surface area contributed by atoms with Crippen LogP contribution in [0, 0.1) is 0 Å².